The van der Waals surface area contributed by atoms with Crippen LogP contribution in [-0.4, -0.2) is 17.5 Å². The molecule has 19 heavy (non-hydrogen) atoms. The fourth-order valence-corrected chi connectivity index (χ4v) is 2.95. The second-order valence-electron chi connectivity index (χ2n) is 4.03. The average molecular weight is 294 g/mol. The molecule has 2 N–H and O–H groups in total. The standard InChI is InChI=1S/C13H18N4S2/c1-3-14-13(16-6-11-4-5-18-9-11)17-8-12-7-15-10(2)19-12/h4-5,7,9H,3,6,8H2,1-2H3,(H2,14,16,17). The highest BCUT2D eigenvalue weighted by Gasteiger charge is 2.01. The minimum absolute atomic E-state index is 0.709. The zero-order chi connectivity index (χ0) is 13.5. The summed E-state index contributed by atoms with van der Waals surface area (Å²) in [5, 5.41) is 11.9. The van der Waals surface area contributed by atoms with E-state index in [4.69, 9.17) is 0 Å². The van der Waals surface area contributed by atoms with Crippen LogP contribution < -0.4 is 10.6 Å². The van der Waals surface area contributed by atoms with E-state index in [2.05, 4.69) is 44.4 Å². The molecule has 0 aliphatic rings. The van der Waals surface area contributed by atoms with Gasteiger partial charge in [0.1, 0.15) is 0 Å². The van der Waals surface area contributed by atoms with Gasteiger partial charge in [-0.25, -0.2) is 9.98 Å². The molecular weight excluding hydrogens is 276 g/mol. The lowest BCUT2D eigenvalue weighted by Gasteiger charge is -2.09. The Morgan fingerprint density at radius 2 is 2.32 bits per heavy atom. The lowest BCUT2D eigenvalue weighted by molar-refractivity contribution is 0.822. The molecule has 0 atom stereocenters. The van der Waals surface area contributed by atoms with Crippen molar-refractivity contribution in [2.75, 3.05) is 6.54 Å². The summed E-state index contributed by atoms with van der Waals surface area (Å²) in [4.78, 5) is 10.0. The number of hydrogen-bond acceptors (Lipinski definition) is 4. The third-order valence-corrected chi connectivity index (χ3v) is 4.09. The Morgan fingerprint density at radius 1 is 1.42 bits per heavy atom. The van der Waals surface area contributed by atoms with Gasteiger partial charge < -0.3 is 10.6 Å². The fraction of sp³-hybridized carbons (Fsp3) is 0.385. The Morgan fingerprint density at radius 3 is 2.95 bits per heavy atom. The van der Waals surface area contributed by atoms with Crippen LogP contribution in [-0.2, 0) is 13.1 Å². The highest BCUT2D eigenvalue weighted by atomic mass is 32.1. The molecule has 4 nitrogen and oxygen atoms in total. The van der Waals surface area contributed by atoms with E-state index in [0.717, 1.165) is 24.1 Å². The predicted octanol–water partition coefficient (Wildman–Crippen LogP) is 2.77. The van der Waals surface area contributed by atoms with Gasteiger partial charge in [0, 0.05) is 17.6 Å². The summed E-state index contributed by atoms with van der Waals surface area (Å²) >= 11 is 3.41. The van der Waals surface area contributed by atoms with Crippen LogP contribution in [0.3, 0.4) is 0 Å². The molecule has 0 saturated heterocycles. The van der Waals surface area contributed by atoms with Crippen LogP contribution in [0.5, 0.6) is 0 Å². The van der Waals surface area contributed by atoms with E-state index >= 15 is 0 Å². The van der Waals surface area contributed by atoms with Crippen LogP contribution in [0.25, 0.3) is 0 Å². The Bertz CT molecular complexity index is 516. The molecule has 0 radical (unpaired) electrons. The molecule has 2 rings (SSSR count). The molecule has 0 spiro atoms. The maximum absolute atomic E-state index is 4.56. The number of hydrogen-bond donors (Lipinski definition) is 2. The van der Waals surface area contributed by atoms with Crippen molar-refractivity contribution >= 4 is 28.6 Å². The summed E-state index contributed by atoms with van der Waals surface area (Å²) in [5.41, 5.74) is 1.25. The van der Waals surface area contributed by atoms with Crippen LogP contribution in [0.15, 0.2) is 28.0 Å². The van der Waals surface area contributed by atoms with Gasteiger partial charge in [-0.2, -0.15) is 11.3 Å². The van der Waals surface area contributed by atoms with E-state index in [1.165, 1.54) is 10.4 Å². The normalized spacial score (nSPS) is 11.6. The van der Waals surface area contributed by atoms with Gasteiger partial charge in [0.05, 0.1) is 18.1 Å². The smallest absolute Gasteiger partial charge is 0.191 e. The summed E-state index contributed by atoms with van der Waals surface area (Å²) in [6.45, 7) is 6.42. The van der Waals surface area contributed by atoms with E-state index < -0.39 is 0 Å². The van der Waals surface area contributed by atoms with Crippen LogP contribution in [0.4, 0.5) is 0 Å². The quantitative estimate of drug-likeness (QED) is 0.658. The van der Waals surface area contributed by atoms with Gasteiger partial charge in [-0.15, -0.1) is 11.3 Å². The van der Waals surface area contributed by atoms with Gasteiger partial charge in [0.25, 0.3) is 0 Å². The van der Waals surface area contributed by atoms with E-state index in [1.54, 1.807) is 22.7 Å². The lowest BCUT2D eigenvalue weighted by atomic mass is 10.3. The first kappa shape index (κ1) is 14.0. The van der Waals surface area contributed by atoms with Gasteiger partial charge in [-0.3, -0.25) is 0 Å². The molecule has 2 aromatic heterocycles. The zero-order valence-corrected chi connectivity index (χ0v) is 12.8. The molecule has 0 fully saturated rings. The molecule has 6 heteroatoms. The largest absolute Gasteiger partial charge is 0.357 e. The number of aromatic nitrogens is 1. The molecule has 0 unspecified atom stereocenters. The number of thiazole rings is 1. The number of guanidine groups is 1. The Kier molecular flexibility index (Phi) is 5.35. The minimum Gasteiger partial charge on any atom is -0.357 e. The molecule has 0 aliphatic heterocycles. The molecule has 102 valence electrons. The Labute approximate surface area is 121 Å². The second-order valence-corrected chi connectivity index (χ2v) is 6.13. The molecular formula is C13H18N4S2. The first-order chi connectivity index (χ1) is 9.28. The van der Waals surface area contributed by atoms with Crippen LogP contribution in [0.2, 0.25) is 0 Å². The Hall–Kier alpha value is -1.40. The number of aliphatic imine (C=N–C) groups is 1. The third-order valence-electron chi connectivity index (χ3n) is 2.44. The second kappa shape index (κ2) is 7.25. The SMILES string of the molecule is CCNC(=NCc1ccsc1)NCc1cnc(C)s1. The van der Waals surface area contributed by atoms with Crippen molar-refractivity contribution in [3.63, 3.8) is 0 Å². The summed E-state index contributed by atoms with van der Waals surface area (Å²) in [6.07, 6.45) is 1.91. The van der Waals surface area contributed by atoms with Gasteiger partial charge in [-0.05, 0) is 36.2 Å². The maximum atomic E-state index is 4.56. The first-order valence-electron chi connectivity index (χ1n) is 6.22. The van der Waals surface area contributed by atoms with Crippen LogP contribution in [0.1, 0.15) is 22.4 Å². The van der Waals surface area contributed by atoms with Crippen molar-refractivity contribution in [2.24, 2.45) is 4.99 Å². The number of aryl methyl sites for hydroxylation is 1. The minimum atomic E-state index is 0.709. The van der Waals surface area contributed by atoms with Crippen molar-refractivity contribution in [1.82, 2.24) is 15.6 Å². The number of rotatable bonds is 5. The monoisotopic (exact) mass is 294 g/mol. The molecule has 0 aromatic carbocycles. The highest BCUT2D eigenvalue weighted by Crippen LogP contribution is 2.10. The van der Waals surface area contributed by atoms with Crippen molar-refractivity contribution in [2.45, 2.75) is 26.9 Å². The predicted molar refractivity (Wildman–Crippen MR) is 82.8 cm³/mol. The van der Waals surface area contributed by atoms with Gasteiger partial charge in [0.15, 0.2) is 5.96 Å². The fourth-order valence-electron chi connectivity index (χ4n) is 1.55. The number of nitrogens with zero attached hydrogens (tertiary/aromatic N) is 2. The van der Waals surface area contributed by atoms with E-state index in [-0.39, 0.29) is 0 Å². The van der Waals surface area contributed by atoms with Crippen molar-refractivity contribution in [3.05, 3.63) is 38.5 Å². The van der Waals surface area contributed by atoms with Crippen LogP contribution in [0, 0.1) is 6.92 Å². The number of thiophene rings is 1. The molecule has 0 saturated carbocycles. The maximum Gasteiger partial charge on any atom is 0.191 e. The molecule has 2 aromatic rings. The molecule has 0 amide bonds. The molecule has 2 heterocycles. The molecule has 0 bridgehead atoms. The summed E-state index contributed by atoms with van der Waals surface area (Å²) in [6, 6.07) is 2.10. The van der Waals surface area contributed by atoms with Gasteiger partial charge >= 0.3 is 0 Å². The van der Waals surface area contributed by atoms with Crippen LogP contribution >= 0.6 is 22.7 Å². The van der Waals surface area contributed by atoms with E-state index in [9.17, 15) is 0 Å². The van der Waals surface area contributed by atoms with Gasteiger partial charge in [-0.1, -0.05) is 0 Å². The van der Waals surface area contributed by atoms with Crippen molar-refractivity contribution in [3.8, 4) is 0 Å². The highest BCUT2D eigenvalue weighted by molar-refractivity contribution is 7.11. The summed E-state index contributed by atoms with van der Waals surface area (Å²) < 4.78 is 0. The summed E-state index contributed by atoms with van der Waals surface area (Å²) in [7, 11) is 0. The third kappa shape index (κ3) is 4.65. The first-order valence-corrected chi connectivity index (χ1v) is 7.98. The Balaban J connectivity index is 1.89. The lowest BCUT2D eigenvalue weighted by Crippen LogP contribution is -2.36. The topological polar surface area (TPSA) is 49.3 Å². The number of nitrogens with one attached hydrogen (secondary N) is 2. The van der Waals surface area contributed by atoms with E-state index in [1.807, 2.05) is 13.1 Å². The van der Waals surface area contributed by atoms with Crippen molar-refractivity contribution < 1.29 is 0 Å². The van der Waals surface area contributed by atoms with Gasteiger partial charge in [0.2, 0.25) is 0 Å². The molecule has 0 aliphatic carbocycles. The zero-order valence-electron chi connectivity index (χ0n) is 11.1. The summed E-state index contributed by atoms with van der Waals surface area (Å²) in [5.74, 6) is 0.847. The van der Waals surface area contributed by atoms with Crippen molar-refractivity contribution in [1.29, 1.82) is 0 Å². The average Bonchev–Trinajstić information content (AvgIpc) is 3.04. The van der Waals surface area contributed by atoms with E-state index in [0.29, 0.717) is 6.54 Å².